The molecule has 2 rings (SSSR count). The molecule has 0 saturated heterocycles. The lowest BCUT2D eigenvalue weighted by Gasteiger charge is -2.15. The third-order valence-corrected chi connectivity index (χ3v) is 4.48. The lowest BCUT2D eigenvalue weighted by molar-refractivity contribution is 0.328. The smallest absolute Gasteiger partial charge is 0.175 e. The molecule has 3 nitrogen and oxygen atoms in total. The van der Waals surface area contributed by atoms with Gasteiger partial charge < -0.3 is 14.8 Å². The molecule has 0 spiro atoms. The average Bonchev–Trinajstić information content (AvgIpc) is 2.54. The zero-order valence-electron chi connectivity index (χ0n) is 13.6. The molecule has 0 fully saturated rings. The van der Waals surface area contributed by atoms with Gasteiger partial charge in [0.2, 0.25) is 0 Å². The summed E-state index contributed by atoms with van der Waals surface area (Å²) in [5.74, 6) is 3.87. The van der Waals surface area contributed by atoms with Crippen molar-refractivity contribution >= 4 is 28.3 Å². The fraction of sp³-hybridized carbons (Fsp3) is 0.263. The van der Waals surface area contributed by atoms with Crippen LogP contribution in [0, 0.1) is 29.8 Å². The highest BCUT2D eigenvalue weighted by Crippen LogP contribution is 2.34. The number of hydrogen-bond donors (Lipinski definition) is 1. The highest BCUT2D eigenvalue weighted by molar-refractivity contribution is 14.1. The van der Waals surface area contributed by atoms with Crippen molar-refractivity contribution in [2.75, 3.05) is 19.0 Å². The minimum Gasteiger partial charge on any atom is -0.493 e. The molecule has 0 unspecified atom stereocenters. The summed E-state index contributed by atoms with van der Waals surface area (Å²) in [5, 5.41) is 3.48. The minimum atomic E-state index is 0.229. The Labute approximate surface area is 151 Å². The molecule has 0 aromatic heterocycles. The highest BCUT2D eigenvalue weighted by Gasteiger charge is 2.11. The fourth-order valence-corrected chi connectivity index (χ4v) is 3.09. The van der Waals surface area contributed by atoms with Gasteiger partial charge in [-0.1, -0.05) is 18.1 Å². The van der Waals surface area contributed by atoms with E-state index in [4.69, 9.17) is 15.9 Å². The average molecular weight is 421 g/mol. The van der Waals surface area contributed by atoms with Crippen LogP contribution in [0.5, 0.6) is 11.5 Å². The van der Waals surface area contributed by atoms with Gasteiger partial charge in [-0.05, 0) is 71.3 Å². The summed E-state index contributed by atoms with van der Waals surface area (Å²) in [5.41, 5.74) is 4.81. The van der Waals surface area contributed by atoms with Crippen molar-refractivity contribution in [1.29, 1.82) is 0 Å². The Balaban J connectivity index is 2.19. The van der Waals surface area contributed by atoms with E-state index in [-0.39, 0.29) is 6.61 Å². The monoisotopic (exact) mass is 421 g/mol. The first-order valence-corrected chi connectivity index (χ1v) is 8.37. The standard InChI is InChI=1S/C19H20INO2/c1-5-9-23-19-16(20)10-15(11-18(19)22-4)12-21-17-8-6-7-13(2)14(17)3/h1,6-8,10-11,21H,9,12H2,2-4H3. The van der Waals surface area contributed by atoms with Gasteiger partial charge in [0.15, 0.2) is 11.5 Å². The molecule has 1 N–H and O–H groups in total. The zero-order valence-corrected chi connectivity index (χ0v) is 15.7. The van der Waals surface area contributed by atoms with Gasteiger partial charge in [-0.15, -0.1) is 6.42 Å². The Bertz CT molecular complexity index is 735. The predicted octanol–water partition coefficient (Wildman–Crippen LogP) is 4.54. The van der Waals surface area contributed by atoms with Gasteiger partial charge in [0.05, 0.1) is 10.7 Å². The normalized spacial score (nSPS) is 10.0. The number of methoxy groups -OCH3 is 1. The third-order valence-electron chi connectivity index (χ3n) is 3.68. The number of halogens is 1. The number of hydrogen-bond acceptors (Lipinski definition) is 3. The van der Waals surface area contributed by atoms with E-state index >= 15 is 0 Å². The molecule has 0 saturated carbocycles. The quantitative estimate of drug-likeness (QED) is 0.549. The fourth-order valence-electron chi connectivity index (χ4n) is 2.27. The second-order valence-electron chi connectivity index (χ2n) is 5.20. The summed E-state index contributed by atoms with van der Waals surface area (Å²) >= 11 is 2.24. The summed E-state index contributed by atoms with van der Waals surface area (Å²) in [7, 11) is 1.63. The molecule has 0 aliphatic rings. The van der Waals surface area contributed by atoms with Crippen LogP contribution in [0.3, 0.4) is 0 Å². The highest BCUT2D eigenvalue weighted by atomic mass is 127. The van der Waals surface area contributed by atoms with E-state index in [1.54, 1.807) is 7.11 Å². The molecule has 0 heterocycles. The lowest BCUT2D eigenvalue weighted by atomic mass is 10.1. The van der Waals surface area contributed by atoms with Gasteiger partial charge in [0, 0.05) is 12.2 Å². The first-order chi connectivity index (χ1) is 11.1. The number of nitrogens with one attached hydrogen (secondary N) is 1. The van der Waals surface area contributed by atoms with E-state index in [1.807, 2.05) is 6.07 Å². The van der Waals surface area contributed by atoms with Crippen LogP contribution in [0.4, 0.5) is 5.69 Å². The van der Waals surface area contributed by atoms with Crippen molar-refractivity contribution in [2.45, 2.75) is 20.4 Å². The molecule has 0 bridgehead atoms. The van der Waals surface area contributed by atoms with Crippen LogP contribution < -0.4 is 14.8 Å². The van der Waals surface area contributed by atoms with Crippen LogP contribution >= 0.6 is 22.6 Å². The predicted molar refractivity (Wildman–Crippen MR) is 103 cm³/mol. The molecule has 4 heteroatoms. The molecule has 0 atom stereocenters. The van der Waals surface area contributed by atoms with Gasteiger partial charge in [-0.25, -0.2) is 0 Å². The Hall–Kier alpha value is -1.87. The minimum absolute atomic E-state index is 0.229. The van der Waals surface area contributed by atoms with E-state index in [0.29, 0.717) is 18.0 Å². The number of terminal acetylenes is 1. The Morgan fingerprint density at radius 3 is 2.74 bits per heavy atom. The molecule has 0 radical (unpaired) electrons. The summed E-state index contributed by atoms with van der Waals surface area (Å²) in [4.78, 5) is 0. The Kier molecular flexibility index (Phi) is 6.17. The van der Waals surface area contributed by atoms with E-state index in [9.17, 15) is 0 Å². The summed E-state index contributed by atoms with van der Waals surface area (Å²) in [6.07, 6.45) is 5.26. The van der Waals surface area contributed by atoms with Crippen LogP contribution in [0.15, 0.2) is 30.3 Å². The van der Waals surface area contributed by atoms with Crippen molar-refractivity contribution in [3.63, 3.8) is 0 Å². The molecular formula is C19H20INO2. The van der Waals surface area contributed by atoms with Gasteiger partial charge in [0.1, 0.15) is 6.61 Å². The van der Waals surface area contributed by atoms with Crippen molar-refractivity contribution in [3.8, 4) is 23.8 Å². The summed E-state index contributed by atoms with van der Waals surface area (Å²) in [6.45, 7) is 5.18. The summed E-state index contributed by atoms with van der Waals surface area (Å²) < 4.78 is 12.0. The molecule has 0 amide bonds. The van der Waals surface area contributed by atoms with Crippen LogP contribution in [0.2, 0.25) is 0 Å². The van der Waals surface area contributed by atoms with Crippen molar-refractivity contribution in [1.82, 2.24) is 0 Å². The molecule has 0 aliphatic carbocycles. The number of ether oxygens (including phenoxy) is 2. The topological polar surface area (TPSA) is 30.5 Å². The van der Waals surface area contributed by atoms with Crippen LogP contribution in [0.1, 0.15) is 16.7 Å². The maximum absolute atomic E-state index is 5.57. The number of anilines is 1. The summed E-state index contributed by atoms with van der Waals surface area (Å²) in [6, 6.07) is 10.3. The Morgan fingerprint density at radius 1 is 1.26 bits per heavy atom. The molecule has 23 heavy (non-hydrogen) atoms. The maximum Gasteiger partial charge on any atom is 0.175 e. The van der Waals surface area contributed by atoms with E-state index in [1.165, 1.54) is 11.1 Å². The first kappa shape index (κ1) is 17.5. The van der Waals surface area contributed by atoms with Crippen molar-refractivity contribution in [3.05, 3.63) is 50.6 Å². The number of rotatable bonds is 6. The second kappa shape index (κ2) is 8.11. The van der Waals surface area contributed by atoms with Gasteiger partial charge in [-0.2, -0.15) is 0 Å². The SMILES string of the molecule is C#CCOc1c(I)cc(CNc2cccc(C)c2C)cc1OC. The van der Waals surface area contributed by atoms with E-state index in [0.717, 1.165) is 14.8 Å². The number of benzene rings is 2. The van der Waals surface area contributed by atoms with E-state index in [2.05, 4.69) is 71.9 Å². The van der Waals surface area contributed by atoms with Gasteiger partial charge in [-0.3, -0.25) is 0 Å². The molecular weight excluding hydrogens is 401 g/mol. The van der Waals surface area contributed by atoms with Crippen LogP contribution in [-0.4, -0.2) is 13.7 Å². The van der Waals surface area contributed by atoms with Crippen LogP contribution in [0.25, 0.3) is 0 Å². The lowest BCUT2D eigenvalue weighted by Crippen LogP contribution is -2.04. The molecule has 2 aromatic rings. The first-order valence-electron chi connectivity index (χ1n) is 7.29. The van der Waals surface area contributed by atoms with Gasteiger partial charge >= 0.3 is 0 Å². The van der Waals surface area contributed by atoms with Crippen LogP contribution in [-0.2, 0) is 6.54 Å². The number of aryl methyl sites for hydroxylation is 1. The third kappa shape index (κ3) is 4.32. The largest absolute Gasteiger partial charge is 0.493 e. The van der Waals surface area contributed by atoms with Crippen molar-refractivity contribution in [2.24, 2.45) is 0 Å². The molecule has 0 aliphatic heterocycles. The Morgan fingerprint density at radius 2 is 2.04 bits per heavy atom. The van der Waals surface area contributed by atoms with Gasteiger partial charge in [0.25, 0.3) is 0 Å². The van der Waals surface area contributed by atoms with Crippen molar-refractivity contribution < 1.29 is 9.47 Å². The second-order valence-corrected chi connectivity index (χ2v) is 6.37. The molecule has 120 valence electrons. The van der Waals surface area contributed by atoms with E-state index < -0.39 is 0 Å². The zero-order chi connectivity index (χ0) is 16.8. The maximum atomic E-state index is 5.57. The molecule has 2 aromatic carbocycles.